The molecule has 2 N–H and O–H groups in total. The first-order chi connectivity index (χ1) is 9.19. The van der Waals surface area contributed by atoms with Crippen molar-refractivity contribution >= 4 is 11.9 Å². The summed E-state index contributed by atoms with van der Waals surface area (Å²) < 4.78 is 4.99. The molecule has 6 heteroatoms. The van der Waals surface area contributed by atoms with Gasteiger partial charge in [0.2, 0.25) is 0 Å². The number of carbonyl (C=O) groups is 1. The maximum Gasteiger partial charge on any atom is 0.409 e. The summed E-state index contributed by atoms with van der Waals surface area (Å²) in [5.74, 6) is 0.544. The topological polar surface area (TPSA) is 71.7 Å². The van der Waals surface area contributed by atoms with Crippen LogP contribution in [0.4, 0.5) is 10.6 Å². The molecule has 0 atom stereocenters. The van der Waals surface area contributed by atoms with Crippen LogP contribution in [-0.4, -0.2) is 53.7 Å². The Bertz CT molecular complexity index is 430. The van der Waals surface area contributed by atoms with Crippen LogP contribution in [-0.2, 0) is 11.3 Å². The Morgan fingerprint density at radius 1 is 1.37 bits per heavy atom. The van der Waals surface area contributed by atoms with Gasteiger partial charge < -0.3 is 15.4 Å². The quantitative estimate of drug-likeness (QED) is 0.879. The van der Waals surface area contributed by atoms with Gasteiger partial charge in [-0.3, -0.25) is 4.90 Å². The first-order valence-corrected chi connectivity index (χ1v) is 6.54. The van der Waals surface area contributed by atoms with Gasteiger partial charge in [0.1, 0.15) is 5.82 Å². The van der Waals surface area contributed by atoms with Crippen molar-refractivity contribution in [2.45, 2.75) is 13.5 Å². The number of ether oxygens (including phenoxy) is 1. The summed E-state index contributed by atoms with van der Waals surface area (Å²) in [4.78, 5) is 19.9. The van der Waals surface area contributed by atoms with Crippen LogP contribution >= 0.6 is 0 Å². The molecule has 1 amide bonds. The molecule has 0 unspecified atom stereocenters. The number of nitrogens with two attached hydrogens (primary N) is 1. The van der Waals surface area contributed by atoms with Crippen LogP contribution in [0.1, 0.15) is 12.6 Å². The van der Waals surface area contributed by atoms with Crippen molar-refractivity contribution in [3.63, 3.8) is 0 Å². The van der Waals surface area contributed by atoms with Crippen molar-refractivity contribution < 1.29 is 9.53 Å². The lowest BCUT2D eigenvalue weighted by molar-refractivity contribution is 0.0775. The summed E-state index contributed by atoms with van der Waals surface area (Å²) >= 11 is 0. The Hall–Kier alpha value is -1.82. The van der Waals surface area contributed by atoms with Crippen molar-refractivity contribution in [1.29, 1.82) is 0 Å². The fraction of sp³-hybridized carbons (Fsp3) is 0.538. The second kappa shape index (κ2) is 6.38. The van der Waals surface area contributed by atoms with Crippen LogP contribution in [0.2, 0.25) is 0 Å². The largest absolute Gasteiger partial charge is 0.450 e. The van der Waals surface area contributed by atoms with Crippen molar-refractivity contribution in [2.24, 2.45) is 0 Å². The summed E-state index contributed by atoms with van der Waals surface area (Å²) in [6.07, 6.45) is -0.218. The Kier molecular flexibility index (Phi) is 4.57. The molecule has 0 saturated carbocycles. The first-order valence-electron chi connectivity index (χ1n) is 6.54. The van der Waals surface area contributed by atoms with Crippen LogP contribution in [0.3, 0.4) is 0 Å². The molecule has 0 spiro atoms. The molecule has 1 aliphatic rings. The molecule has 1 aromatic rings. The highest BCUT2D eigenvalue weighted by Crippen LogP contribution is 2.09. The summed E-state index contributed by atoms with van der Waals surface area (Å²) in [7, 11) is 0. The molecular formula is C13H20N4O2. The van der Waals surface area contributed by atoms with E-state index in [1.807, 2.05) is 19.1 Å². The zero-order valence-electron chi connectivity index (χ0n) is 11.2. The third-order valence-electron chi connectivity index (χ3n) is 3.11. The number of piperazine rings is 1. The van der Waals surface area contributed by atoms with Crippen molar-refractivity contribution in [3.05, 3.63) is 23.9 Å². The van der Waals surface area contributed by atoms with Crippen molar-refractivity contribution in [2.75, 3.05) is 38.5 Å². The van der Waals surface area contributed by atoms with Crippen LogP contribution < -0.4 is 5.73 Å². The number of hydrogen-bond acceptors (Lipinski definition) is 5. The predicted octanol–water partition coefficient (Wildman–Crippen LogP) is 0.938. The molecule has 1 aliphatic heterocycles. The average Bonchev–Trinajstić information content (AvgIpc) is 2.40. The number of nitrogen functional groups attached to an aromatic ring is 1. The maximum absolute atomic E-state index is 11.6. The molecular weight excluding hydrogens is 244 g/mol. The minimum absolute atomic E-state index is 0.218. The Morgan fingerprint density at radius 3 is 2.74 bits per heavy atom. The van der Waals surface area contributed by atoms with E-state index < -0.39 is 0 Å². The van der Waals surface area contributed by atoms with Crippen molar-refractivity contribution in [3.8, 4) is 0 Å². The number of nitrogens with zero attached hydrogens (tertiary/aromatic N) is 3. The molecule has 2 heterocycles. The highest BCUT2D eigenvalue weighted by molar-refractivity contribution is 5.67. The number of carbonyl (C=O) groups excluding carboxylic acids is 1. The smallest absolute Gasteiger partial charge is 0.409 e. The summed E-state index contributed by atoms with van der Waals surface area (Å²) in [6, 6.07) is 5.66. The van der Waals surface area contributed by atoms with E-state index in [-0.39, 0.29) is 6.09 Å². The number of hydrogen-bond donors (Lipinski definition) is 1. The van der Waals surface area contributed by atoms with E-state index in [1.165, 1.54) is 0 Å². The van der Waals surface area contributed by atoms with E-state index in [9.17, 15) is 4.79 Å². The molecule has 0 aliphatic carbocycles. The summed E-state index contributed by atoms with van der Waals surface area (Å²) in [6.45, 7) is 6.06. The van der Waals surface area contributed by atoms with Gasteiger partial charge >= 0.3 is 6.09 Å². The Morgan fingerprint density at radius 2 is 2.11 bits per heavy atom. The molecule has 6 nitrogen and oxygen atoms in total. The monoisotopic (exact) mass is 264 g/mol. The van der Waals surface area contributed by atoms with E-state index in [0.717, 1.165) is 25.3 Å². The molecule has 19 heavy (non-hydrogen) atoms. The van der Waals surface area contributed by atoms with Crippen LogP contribution in [0.25, 0.3) is 0 Å². The van der Waals surface area contributed by atoms with E-state index in [4.69, 9.17) is 10.5 Å². The third kappa shape index (κ3) is 3.82. The molecule has 0 radical (unpaired) electrons. The molecule has 1 saturated heterocycles. The average molecular weight is 264 g/mol. The van der Waals surface area contributed by atoms with Gasteiger partial charge in [-0.25, -0.2) is 9.78 Å². The fourth-order valence-electron chi connectivity index (χ4n) is 2.12. The Balaban J connectivity index is 1.82. The number of aromatic nitrogens is 1. The predicted molar refractivity (Wildman–Crippen MR) is 72.5 cm³/mol. The molecule has 1 aromatic heterocycles. The van der Waals surface area contributed by atoms with E-state index >= 15 is 0 Å². The van der Waals surface area contributed by atoms with Gasteiger partial charge in [-0.05, 0) is 19.1 Å². The second-order valence-electron chi connectivity index (χ2n) is 4.52. The van der Waals surface area contributed by atoms with E-state index in [2.05, 4.69) is 9.88 Å². The number of anilines is 1. The minimum atomic E-state index is -0.218. The van der Waals surface area contributed by atoms with Crippen LogP contribution in [0, 0.1) is 0 Å². The van der Waals surface area contributed by atoms with Gasteiger partial charge in [0, 0.05) is 32.7 Å². The van der Waals surface area contributed by atoms with E-state index in [0.29, 0.717) is 25.5 Å². The first kappa shape index (κ1) is 13.6. The van der Waals surface area contributed by atoms with Gasteiger partial charge in [0.25, 0.3) is 0 Å². The van der Waals surface area contributed by atoms with E-state index in [1.54, 1.807) is 11.0 Å². The molecule has 104 valence electrons. The molecule has 1 fully saturated rings. The van der Waals surface area contributed by atoms with Crippen LogP contribution in [0.15, 0.2) is 18.2 Å². The fourth-order valence-corrected chi connectivity index (χ4v) is 2.12. The van der Waals surface area contributed by atoms with Gasteiger partial charge in [-0.15, -0.1) is 0 Å². The lowest BCUT2D eigenvalue weighted by Crippen LogP contribution is -2.48. The Labute approximate surface area is 113 Å². The number of amides is 1. The van der Waals surface area contributed by atoms with Gasteiger partial charge in [0.05, 0.1) is 12.3 Å². The molecule has 0 bridgehead atoms. The summed E-state index contributed by atoms with van der Waals surface area (Å²) in [5, 5.41) is 0. The minimum Gasteiger partial charge on any atom is -0.450 e. The summed E-state index contributed by atoms with van der Waals surface area (Å²) in [5.41, 5.74) is 6.62. The SMILES string of the molecule is CCOC(=O)N1CCN(Cc2cccc(N)n2)CC1. The zero-order chi connectivity index (χ0) is 13.7. The maximum atomic E-state index is 11.6. The highest BCUT2D eigenvalue weighted by Gasteiger charge is 2.21. The lowest BCUT2D eigenvalue weighted by Gasteiger charge is -2.33. The molecule has 0 aromatic carbocycles. The van der Waals surface area contributed by atoms with Crippen molar-refractivity contribution in [1.82, 2.24) is 14.8 Å². The highest BCUT2D eigenvalue weighted by atomic mass is 16.6. The second-order valence-corrected chi connectivity index (χ2v) is 4.52. The normalized spacial score (nSPS) is 16.4. The van der Waals surface area contributed by atoms with Crippen LogP contribution in [0.5, 0.6) is 0 Å². The number of rotatable bonds is 3. The van der Waals surface area contributed by atoms with Gasteiger partial charge in [0.15, 0.2) is 0 Å². The van der Waals surface area contributed by atoms with Gasteiger partial charge in [-0.1, -0.05) is 6.07 Å². The third-order valence-corrected chi connectivity index (χ3v) is 3.11. The molecule has 2 rings (SSSR count). The lowest BCUT2D eigenvalue weighted by atomic mass is 10.2. The standard InChI is InChI=1S/C13H20N4O2/c1-2-19-13(18)17-8-6-16(7-9-17)10-11-4-3-5-12(14)15-11/h3-5H,2,6-10H2,1H3,(H2,14,15). The van der Waals surface area contributed by atoms with Gasteiger partial charge in [-0.2, -0.15) is 0 Å². The number of pyridine rings is 1. The zero-order valence-corrected chi connectivity index (χ0v) is 11.2.